The maximum Gasteiger partial charge on any atom is 0.416 e. The Balaban J connectivity index is 1.84. The molecule has 1 aliphatic rings. The molecule has 2 aromatic rings. The minimum absolute atomic E-state index is 0.0665. The summed E-state index contributed by atoms with van der Waals surface area (Å²) >= 11 is 0. The van der Waals surface area contributed by atoms with E-state index in [0.717, 1.165) is 28.8 Å². The van der Waals surface area contributed by atoms with Crippen molar-refractivity contribution < 1.29 is 31.1 Å². The van der Waals surface area contributed by atoms with Gasteiger partial charge in [0.05, 0.1) is 24.1 Å². The first-order valence-corrected chi connectivity index (χ1v) is 9.62. The molecule has 144 valence electrons. The van der Waals surface area contributed by atoms with Crippen LogP contribution in [0.1, 0.15) is 5.56 Å². The van der Waals surface area contributed by atoms with Gasteiger partial charge < -0.3 is 10.1 Å². The van der Waals surface area contributed by atoms with Crippen LogP contribution in [0, 0.1) is 0 Å². The lowest BCUT2D eigenvalue weighted by Gasteiger charge is -2.33. The van der Waals surface area contributed by atoms with E-state index in [4.69, 9.17) is 4.74 Å². The van der Waals surface area contributed by atoms with Gasteiger partial charge in [0.1, 0.15) is 5.75 Å². The Kier molecular flexibility index (Phi) is 4.77. The predicted molar refractivity (Wildman–Crippen MR) is 93.1 cm³/mol. The predicted octanol–water partition coefficient (Wildman–Crippen LogP) is 2.87. The van der Waals surface area contributed by atoms with Crippen molar-refractivity contribution in [1.29, 1.82) is 0 Å². The molecule has 0 aromatic heterocycles. The number of hydrogen-bond acceptors (Lipinski definition) is 4. The van der Waals surface area contributed by atoms with Crippen LogP contribution in [0.15, 0.2) is 48.5 Å². The van der Waals surface area contributed by atoms with Crippen molar-refractivity contribution in [3.8, 4) is 5.75 Å². The van der Waals surface area contributed by atoms with Crippen molar-refractivity contribution in [1.82, 2.24) is 0 Å². The van der Waals surface area contributed by atoms with Gasteiger partial charge in [0.25, 0.3) is 5.91 Å². The lowest BCUT2D eigenvalue weighted by molar-refractivity contribution is -0.137. The smallest absolute Gasteiger partial charge is 0.416 e. The van der Waals surface area contributed by atoms with Crippen molar-refractivity contribution in [3.63, 3.8) is 0 Å². The maximum absolute atomic E-state index is 12.8. The minimum atomic E-state index is -4.55. The summed E-state index contributed by atoms with van der Waals surface area (Å²) in [6, 6.07) is 10.4. The summed E-state index contributed by atoms with van der Waals surface area (Å²) in [5.74, 6) is -0.559. The average molecular weight is 400 g/mol. The fraction of sp³-hybridized carbons (Fsp3) is 0.235. The number of nitrogens with one attached hydrogen (secondary N) is 1. The third kappa shape index (κ3) is 4.16. The summed E-state index contributed by atoms with van der Waals surface area (Å²) in [5, 5.41) is 2.34. The van der Waals surface area contributed by atoms with Gasteiger partial charge in [0, 0.05) is 5.69 Å². The highest BCUT2D eigenvalue weighted by atomic mass is 32.2. The summed E-state index contributed by atoms with van der Waals surface area (Å²) in [5.41, 5.74) is -0.681. The number of hydrogen-bond donors (Lipinski definition) is 1. The molecule has 2 aromatic carbocycles. The maximum atomic E-state index is 12.8. The Hall–Kier alpha value is -2.75. The van der Waals surface area contributed by atoms with Crippen molar-refractivity contribution in [2.24, 2.45) is 0 Å². The number of nitrogens with zero attached hydrogens (tertiary/aromatic N) is 1. The Morgan fingerprint density at radius 1 is 1.19 bits per heavy atom. The number of benzene rings is 2. The van der Waals surface area contributed by atoms with Gasteiger partial charge in [-0.25, -0.2) is 8.42 Å². The summed E-state index contributed by atoms with van der Waals surface area (Å²) in [6.45, 7) is -0.291. The highest BCUT2D eigenvalue weighted by molar-refractivity contribution is 7.92. The van der Waals surface area contributed by atoms with Crippen molar-refractivity contribution in [3.05, 3.63) is 54.1 Å². The molecule has 0 fully saturated rings. The lowest BCUT2D eigenvalue weighted by Crippen LogP contribution is -2.48. The summed E-state index contributed by atoms with van der Waals surface area (Å²) < 4.78 is 69.1. The van der Waals surface area contributed by atoms with E-state index in [0.29, 0.717) is 5.69 Å². The average Bonchev–Trinajstić information content (AvgIpc) is 2.59. The highest BCUT2D eigenvalue weighted by Crippen LogP contribution is 2.35. The molecule has 10 heteroatoms. The molecule has 0 spiro atoms. The first-order valence-electron chi connectivity index (χ1n) is 7.77. The minimum Gasteiger partial charge on any atom is -0.476 e. The number of carbonyl (C=O) groups excluding carboxylic acids is 1. The molecule has 1 heterocycles. The summed E-state index contributed by atoms with van der Waals surface area (Å²) in [6.07, 6.45) is -4.77. The Labute approximate surface area is 153 Å². The van der Waals surface area contributed by atoms with Crippen molar-refractivity contribution in [2.45, 2.75) is 12.3 Å². The standard InChI is InChI=1S/C17H15F3N2O4S/c1-27(24,25)22-10-15(26-14-8-3-2-7-13(14)22)16(23)21-12-6-4-5-11(9-12)17(18,19)20/h2-9,15H,10H2,1H3,(H,21,23). The molecule has 3 rings (SSSR count). The monoisotopic (exact) mass is 400 g/mol. The molecular formula is C17H15F3N2O4S. The topological polar surface area (TPSA) is 75.7 Å². The normalized spacial score (nSPS) is 17.0. The zero-order valence-corrected chi connectivity index (χ0v) is 14.8. The zero-order chi connectivity index (χ0) is 19.8. The molecule has 0 radical (unpaired) electrons. The van der Waals surface area contributed by atoms with Gasteiger partial charge in [-0.05, 0) is 30.3 Å². The Morgan fingerprint density at radius 3 is 2.56 bits per heavy atom. The second kappa shape index (κ2) is 6.76. The molecule has 6 nitrogen and oxygen atoms in total. The number of carbonyl (C=O) groups is 1. The number of para-hydroxylation sites is 2. The van der Waals surface area contributed by atoms with Gasteiger partial charge in [-0.2, -0.15) is 13.2 Å². The third-order valence-electron chi connectivity index (χ3n) is 3.89. The number of sulfonamides is 1. The molecule has 1 atom stereocenters. The molecule has 1 N–H and O–H groups in total. The number of anilines is 2. The van der Waals surface area contributed by atoms with Crippen LogP contribution in [0.25, 0.3) is 0 Å². The van der Waals surface area contributed by atoms with E-state index in [2.05, 4.69) is 5.32 Å². The van der Waals surface area contributed by atoms with Crippen LogP contribution in [0.2, 0.25) is 0 Å². The second-order valence-electron chi connectivity index (χ2n) is 5.94. The van der Waals surface area contributed by atoms with E-state index in [1.165, 1.54) is 18.2 Å². The van der Waals surface area contributed by atoms with E-state index in [-0.39, 0.29) is 18.0 Å². The highest BCUT2D eigenvalue weighted by Gasteiger charge is 2.35. The van der Waals surface area contributed by atoms with Crippen LogP contribution in [-0.4, -0.2) is 33.2 Å². The molecule has 1 aliphatic heterocycles. The third-order valence-corrected chi connectivity index (χ3v) is 5.03. The molecule has 0 aliphatic carbocycles. The quantitative estimate of drug-likeness (QED) is 0.860. The molecule has 0 saturated heterocycles. The molecule has 1 amide bonds. The molecule has 27 heavy (non-hydrogen) atoms. The van der Waals surface area contributed by atoms with Gasteiger partial charge in [0.2, 0.25) is 10.0 Å². The SMILES string of the molecule is CS(=O)(=O)N1CC(C(=O)Nc2cccc(C(F)(F)F)c2)Oc2ccccc21. The Morgan fingerprint density at radius 2 is 1.89 bits per heavy atom. The number of halogens is 3. The molecule has 0 saturated carbocycles. The summed E-state index contributed by atoms with van der Waals surface area (Å²) in [7, 11) is -3.68. The van der Waals surface area contributed by atoms with Crippen LogP contribution in [-0.2, 0) is 21.0 Å². The molecular weight excluding hydrogens is 385 g/mol. The first-order chi connectivity index (χ1) is 12.6. The fourth-order valence-electron chi connectivity index (χ4n) is 2.65. The first kappa shape index (κ1) is 19.0. The van der Waals surface area contributed by atoms with E-state index in [1.807, 2.05) is 0 Å². The van der Waals surface area contributed by atoms with Crippen LogP contribution < -0.4 is 14.4 Å². The van der Waals surface area contributed by atoms with Gasteiger partial charge in [-0.3, -0.25) is 9.10 Å². The van der Waals surface area contributed by atoms with E-state index in [1.54, 1.807) is 12.1 Å². The van der Waals surface area contributed by atoms with Crippen molar-refractivity contribution in [2.75, 3.05) is 22.4 Å². The van der Waals surface area contributed by atoms with E-state index >= 15 is 0 Å². The molecule has 0 bridgehead atoms. The van der Waals surface area contributed by atoms with Crippen LogP contribution >= 0.6 is 0 Å². The van der Waals surface area contributed by atoms with Gasteiger partial charge in [-0.15, -0.1) is 0 Å². The zero-order valence-electron chi connectivity index (χ0n) is 14.0. The van der Waals surface area contributed by atoms with Gasteiger partial charge >= 0.3 is 6.18 Å². The van der Waals surface area contributed by atoms with Crippen molar-refractivity contribution >= 4 is 27.3 Å². The van der Waals surface area contributed by atoms with Crippen LogP contribution in [0.3, 0.4) is 0 Å². The van der Waals surface area contributed by atoms with E-state index in [9.17, 15) is 26.4 Å². The second-order valence-corrected chi connectivity index (χ2v) is 7.84. The number of fused-ring (bicyclic) bond motifs is 1. The molecule has 1 unspecified atom stereocenters. The van der Waals surface area contributed by atoms with E-state index < -0.39 is 33.8 Å². The van der Waals surface area contributed by atoms with Gasteiger partial charge in [0.15, 0.2) is 6.10 Å². The van der Waals surface area contributed by atoms with Crippen LogP contribution in [0.5, 0.6) is 5.75 Å². The number of rotatable bonds is 3. The number of alkyl halides is 3. The largest absolute Gasteiger partial charge is 0.476 e. The number of ether oxygens (including phenoxy) is 1. The number of amides is 1. The lowest BCUT2D eigenvalue weighted by atomic mass is 10.1. The summed E-state index contributed by atoms with van der Waals surface area (Å²) in [4.78, 5) is 12.5. The van der Waals surface area contributed by atoms with Gasteiger partial charge in [-0.1, -0.05) is 18.2 Å². The van der Waals surface area contributed by atoms with Crippen LogP contribution in [0.4, 0.5) is 24.5 Å². The Bertz CT molecular complexity index is 976. The fourth-order valence-corrected chi connectivity index (χ4v) is 3.56.